The first-order valence-electron chi connectivity index (χ1n) is 5.12. The highest BCUT2D eigenvalue weighted by Gasteiger charge is 2.15. The third kappa shape index (κ3) is 3.83. The van der Waals surface area contributed by atoms with E-state index >= 15 is 0 Å². The van der Waals surface area contributed by atoms with Crippen molar-refractivity contribution in [3.05, 3.63) is 23.5 Å². The number of carbonyl (C=O) groups is 1. The Morgan fingerprint density at radius 3 is 2.67 bits per heavy atom. The van der Waals surface area contributed by atoms with Crippen LogP contribution >= 0.6 is 0 Å². The van der Waals surface area contributed by atoms with Crippen LogP contribution in [0.3, 0.4) is 0 Å². The lowest BCUT2D eigenvalue weighted by atomic mass is 10.1. The number of hydrogen-bond donors (Lipinski definition) is 1. The van der Waals surface area contributed by atoms with Gasteiger partial charge in [0.25, 0.3) is 0 Å². The fourth-order valence-electron chi connectivity index (χ4n) is 1.32. The molecule has 0 aliphatic heterocycles. The highest BCUT2D eigenvalue weighted by molar-refractivity contribution is 5.73. The molecule has 0 aliphatic carbocycles. The summed E-state index contributed by atoms with van der Waals surface area (Å²) in [5.74, 6) is -1.94. The summed E-state index contributed by atoms with van der Waals surface area (Å²) in [5.41, 5.74) is 5.21. The van der Waals surface area contributed by atoms with E-state index in [-0.39, 0.29) is 24.3 Å². The van der Waals surface area contributed by atoms with Gasteiger partial charge in [-0.3, -0.25) is 4.79 Å². The molecule has 0 unspecified atom stereocenters. The summed E-state index contributed by atoms with van der Waals surface area (Å²) >= 11 is 0. The molecule has 2 N–H and O–H groups in total. The van der Waals surface area contributed by atoms with Gasteiger partial charge >= 0.3 is 12.6 Å². The maximum Gasteiger partial charge on any atom is 0.387 e. The fourth-order valence-corrected chi connectivity index (χ4v) is 1.32. The van der Waals surface area contributed by atoms with Gasteiger partial charge in [0.05, 0.1) is 18.7 Å². The number of nitrogen functional groups attached to an aromatic ring is 1. The Bertz CT molecular complexity index is 438. The SMILES string of the molecule is CCOC(=O)Cc1cc(N)c(OC(F)F)cc1F. The first-order chi connectivity index (χ1) is 8.43. The van der Waals surface area contributed by atoms with Crippen molar-refractivity contribution >= 4 is 11.7 Å². The second-order valence-corrected chi connectivity index (χ2v) is 3.34. The van der Waals surface area contributed by atoms with Gasteiger partial charge in [-0.15, -0.1) is 0 Å². The van der Waals surface area contributed by atoms with E-state index in [2.05, 4.69) is 9.47 Å². The lowest BCUT2D eigenvalue weighted by Gasteiger charge is -2.10. The minimum Gasteiger partial charge on any atom is -0.466 e. The Kier molecular flexibility index (Phi) is 4.82. The molecular formula is C11H12F3NO3. The molecule has 0 radical (unpaired) electrons. The van der Waals surface area contributed by atoms with Gasteiger partial charge in [-0.1, -0.05) is 0 Å². The van der Waals surface area contributed by atoms with Gasteiger partial charge < -0.3 is 15.2 Å². The lowest BCUT2D eigenvalue weighted by Crippen LogP contribution is -2.10. The van der Waals surface area contributed by atoms with Crippen molar-refractivity contribution in [1.82, 2.24) is 0 Å². The van der Waals surface area contributed by atoms with Crippen molar-refractivity contribution in [2.24, 2.45) is 0 Å². The predicted molar refractivity (Wildman–Crippen MR) is 57.8 cm³/mol. The second kappa shape index (κ2) is 6.13. The molecular weight excluding hydrogens is 251 g/mol. The molecule has 0 aliphatic rings. The first-order valence-corrected chi connectivity index (χ1v) is 5.12. The van der Waals surface area contributed by atoms with Crippen LogP contribution in [0.15, 0.2) is 12.1 Å². The zero-order valence-electron chi connectivity index (χ0n) is 9.58. The molecule has 0 heterocycles. The Morgan fingerprint density at radius 1 is 1.44 bits per heavy atom. The van der Waals surface area contributed by atoms with Gasteiger partial charge in [-0.2, -0.15) is 8.78 Å². The maximum atomic E-state index is 13.5. The average Bonchev–Trinajstić information content (AvgIpc) is 2.25. The Morgan fingerprint density at radius 2 is 2.11 bits per heavy atom. The molecule has 0 aromatic heterocycles. The van der Waals surface area contributed by atoms with Crippen LogP contribution in [0.25, 0.3) is 0 Å². The highest BCUT2D eigenvalue weighted by atomic mass is 19.3. The third-order valence-corrected chi connectivity index (χ3v) is 2.04. The van der Waals surface area contributed by atoms with Crippen LogP contribution in [-0.2, 0) is 16.0 Å². The summed E-state index contributed by atoms with van der Waals surface area (Å²) < 4.78 is 46.1. The number of anilines is 1. The average molecular weight is 263 g/mol. The summed E-state index contributed by atoms with van der Waals surface area (Å²) in [4.78, 5) is 11.2. The number of alkyl halides is 2. The molecule has 0 spiro atoms. The summed E-state index contributed by atoms with van der Waals surface area (Å²) in [7, 11) is 0. The largest absolute Gasteiger partial charge is 0.466 e. The summed E-state index contributed by atoms with van der Waals surface area (Å²) in [6.07, 6.45) is -0.321. The summed E-state index contributed by atoms with van der Waals surface area (Å²) in [6.45, 7) is -1.31. The highest BCUT2D eigenvalue weighted by Crippen LogP contribution is 2.27. The van der Waals surface area contributed by atoms with E-state index in [1.54, 1.807) is 6.92 Å². The van der Waals surface area contributed by atoms with Gasteiger partial charge in [-0.05, 0) is 13.0 Å². The van der Waals surface area contributed by atoms with Crippen molar-refractivity contribution in [3.63, 3.8) is 0 Å². The van der Waals surface area contributed by atoms with E-state index in [0.717, 1.165) is 12.1 Å². The van der Waals surface area contributed by atoms with Crippen LogP contribution < -0.4 is 10.5 Å². The number of ether oxygens (including phenoxy) is 2. The Hall–Kier alpha value is -1.92. The maximum absolute atomic E-state index is 13.5. The number of rotatable bonds is 5. The fraction of sp³-hybridized carbons (Fsp3) is 0.364. The number of halogens is 3. The van der Waals surface area contributed by atoms with Crippen LogP contribution in [0.4, 0.5) is 18.9 Å². The van der Waals surface area contributed by atoms with E-state index in [1.807, 2.05) is 0 Å². The van der Waals surface area contributed by atoms with Gasteiger partial charge in [0.15, 0.2) is 5.75 Å². The van der Waals surface area contributed by atoms with E-state index in [9.17, 15) is 18.0 Å². The van der Waals surface area contributed by atoms with E-state index in [4.69, 9.17) is 5.73 Å². The molecule has 1 aromatic rings. The molecule has 1 aromatic carbocycles. The molecule has 7 heteroatoms. The van der Waals surface area contributed by atoms with Gasteiger partial charge in [-0.25, -0.2) is 4.39 Å². The summed E-state index contributed by atoms with van der Waals surface area (Å²) in [5, 5.41) is 0. The Balaban J connectivity index is 2.89. The van der Waals surface area contributed by atoms with Crippen molar-refractivity contribution in [3.8, 4) is 5.75 Å². The molecule has 4 nitrogen and oxygen atoms in total. The number of hydrogen-bond acceptors (Lipinski definition) is 4. The molecule has 0 bridgehead atoms. The monoisotopic (exact) mass is 263 g/mol. The topological polar surface area (TPSA) is 61.5 Å². The molecule has 0 atom stereocenters. The molecule has 0 amide bonds. The summed E-state index contributed by atoms with van der Waals surface area (Å²) in [6, 6.07) is 1.79. The van der Waals surface area contributed by atoms with E-state index in [0.29, 0.717) is 0 Å². The minimum absolute atomic E-state index is 0.0347. The molecule has 0 fully saturated rings. The molecule has 0 saturated carbocycles. The van der Waals surface area contributed by atoms with E-state index < -0.39 is 24.1 Å². The normalized spacial score (nSPS) is 10.5. The number of esters is 1. The standard InChI is InChI=1S/C11H12F3NO3/c1-2-17-10(16)4-6-3-8(15)9(5-7(6)12)18-11(13)14/h3,5,11H,2,4,15H2,1H3. The van der Waals surface area contributed by atoms with E-state index in [1.165, 1.54) is 0 Å². The zero-order chi connectivity index (χ0) is 13.7. The number of carbonyl (C=O) groups excluding carboxylic acids is 1. The van der Waals surface area contributed by atoms with Crippen molar-refractivity contribution < 1.29 is 27.4 Å². The minimum atomic E-state index is -3.09. The molecule has 18 heavy (non-hydrogen) atoms. The van der Waals surface area contributed by atoms with Crippen LogP contribution in [0.5, 0.6) is 5.75 Å². The van der Waals surface area contributed by atoms with Crippen molar-refractivity contribution in [1.29, 1.82) is 0 Å². The number of nitrogens with two attached hydrogens (primary N) is 1. The van der Waals surface area contributed by atoms with Crippen LogP contribution in [0, 0.1) is 5.82 Å². The second-order valence-electron chi connectivity index (χ2n) is 3.34. The zero-order valence-corrected chi connectivity index (χ0v) is 9.58. The quantitative estimate of drug-likeness (QED) is 0.653. The molecule has 0 saturated heterocycles. The number of benzene rings is 1. The molecule has 100 valence electrons. The predicted octanol–water partition coefficient (Wildman–Crippen LogP) is 2.11. The van der Waals surface area contributed by atoms with Crippen LogP contribution in [0.1, 0.15) is 12.5 Å². The van der Waals surface area contributed by atoms with Crippen LogP contribution in [-0.4, -0.2) is 19.2 Å². The van der Waals surface area contributed by atoms with Gasteiger partial charge in [0.1, 0.15) is 5.82 Å². The van der Waals surface area contributed by atoms with Crippen molar-refractivity contribution in [2.45, 2.75) is 20.0 Å². The van der Waals surface area contributed by atoms with Gasteiger partial charge in [0.2, 0.25) is 0 Å². The van der Waals surface area contributed by atoms with Crippen molar-refractivity contribution in [2.75, 3.05) is 12.3 Å². The van der Waals surface area contributed by atoms with Crippen LogP contribution in [0.2, 0.25) is 0 Å². The molecule has 1 rings (SSSR count). The third-order valence-electron chi connectivity index (χ3n) is 2.04. The van der Waals surface area contributed by atoms with Gasteiger partial charge in [0, 0.05) is 11.6 Å². The lowest BCUT2D eigenvalue weighted by molar-refractivity contribution is -0.142. The first kappa shape index (κ1) is 14.1. The smallest absolute Gasteiger partial charge is 0.387 e. The Labute approximate surface area is 101 Å².